The van der Waals surface area contributed by atoms with Crippen molar-refractivity contribution in [2.75, 3.05) is 40.9 Å². The van der Waals surface area contributed by atoms with Crippen molar-refractivity contribution in [2.45, 2.75) is 270 Å². The highest BCUT2D eigenvalue weighted by Gasteiger charge is 2.27. The number of amides is 1. The normalized spacial score (nSPS) is 14.3. The predicted molar refractivity (Wildman–Crippen MR) is 277 cm³/mol. The Kier molecular flexibility index (Phi) is 45.9. The lowest BCUT2D eigenvalue weighted by Crippen LogP contribution is -2.45. The Hall–Kier alpha value is -1.28. The topological polar surface area (TPSA) is 105 Å². The van der Waals surface area contributed by atoms with Crippen LogP contribution in [0.3, 0.4) is 0 Å². The largest absolute Gasteiger partial charge is 0.472 e. The summed E-state index contributed by atoms with van der Waals surface area (Å²) >= 11 is 0. The number of carbonyl (C=O) groups excluding carboxylic acids is 1. The molecular weight excluding hydrogens is 816 g/mol. The van der Waals surface area contributed by atoms with E-state index in [1.54, 1.807) is 6.08 Å². The number of unbranched alkanes of at least 4 members (excludes halogenated alkanes) is 33. The molecule has 3 atom stereocenters. The van der Waals surface area contributed by atoms with Gasteiger partial charge in [0.1, 0.15) is 13.2 Å². The number of rotatable bonds is 50. The van der Waals surface area contributed by atoms with Gasteiger partial charge in [-0.25, -0.2) is 4.57 Å². The van der Waals surface area contributed by atoms with Crippen molar-refractivity contribution in [3.63, 3.8) is 0 Å². The zero-order chi connectivity index (χ0) is 47.1. The first-order chi connectivity index (χ1) is 31.0. The lowest BCUT2D eigenvalue weighted by atomic mass is 10.0. The minimum absolute atomic E-state index is 0.0549. The number of aliphatic hydroxyl groups excluding tert-OH is 1. The SMILES string of the molecule is CCCCCCCCCCCCCCCCCCCC/C=C/CC/C=C/CC/C=C/C(O)C(COP(=O)(O)OCC[N+](C)(C)C)NC(=O)CCCCCCCCCCCCCCCC. The van der Waals surface area contributed by atoms with Crippen LogP contribution >= 0.6 is 7.82 Å². The fraction of sp³-hybridized carbons (Fsp3) is 0.873. The number of phosphoric ester groups is 1. The van der Waals surface area contributed by atoms with Gasteiger partial charge in [0.15, 0.2) is 0 Å². The lowest BCUT2D eigenvalue weighted by Gasteiger charge is -2.25. The van der Waals surface area contributed by atoms with Crippen molar-refractivity contribution >= 4 is 13.7 Å². The molecule has 0 bridgehead atoms. The van der Waals surface area contributed by atoms with Crippen LogP contribution in [0, 0.1) is 0 Å². The minimum atomic E-state index is -4.35. The third-order valence-electron chi connectivity index (χ3n) is 12.3. The first kappa shape index (κ1) is 62.7. The molecule has 8 nitrogen and oxygen atoms in total. The van der Waals surface area contributed by atoms with Gasteiger partial charge >= 0.3 is 7.82 Å². The van der Waals surface area contributed by atoms with Gasteiger partial charge in [-0.3, -0.25) is 13.8 Å². The molecule has 0 saturated carbocycles. The Morgan fingerprint density at radius 2 is 0.859 bits per heavy atom. The molecule has 0 aromatic carbocycles. The van der Waals surface area contributed by atoms with E-state index in [9.17, 15) is 19.4 Å². The Morgan fingerprint density at radius 3 is 1.25 bits per heavy atom. The molecule has 64 heavy (non-hydrogen) atoms. The highest BCUT2D eigenvalue weighted by molar-refractivity contribution is 7.47. The van der Waals surface area contributed by atoms with Gasteiger partial charge in [-0.1, -0.05) is 243 Å². The third kappa shape index (κ3) is 48.6. The van der Waals surface area contributed by atoms with Crippen LogP contribution in [-0.2, 0) is 18.4 Å². The number of quaternary nitrogens is 1. The summed E-state index contributed by atoms with van der Waals surface area (Å²) in [5.74, 6) is -0.189. The number of allylic oxidation sites excluding steroid dienone is 5. The maximum Gasteiger partial charge on any atom is 0.472 e. The summed E-state index contributed by atoms with van der Waals surface area (Å²) in [6, 6.07) is -0.867. The van der Waals surface area contributed by atoms with E-state index in [-0.39, 0.29) is 19.1 Å². The fourth-order valence-corrected chi connectivity index (χ4v) is 8.75. The molecule has 0 aliphatic carbocycles. The lowest BCUT2D eigenvalue weighted by molar-refractivity contribution is -0.870. The number of hydrogen-bond donors (Lipinski definition) is 3. The van der Waals surface area contributed by atoms with Crippen LogP contribution in [0.25, 0.3) is 0 Å². The van der Waals surface area contributed by atoms with E-state index in [2.05, 4.69) is 43.5 Å². The molecule has 1 amide bonds. The minimum Gasteiger partial charge on any atom is -0.387 e. The number of nitrogens with zero attached hydrogens (tertiary/aromatic N) is 1. The second-order valence-electron chi connectivity index (χ2n) is 19.9. The van der Waals surface area contributed by atoms with Crippen LogP contribution in [-0.4, -0.2) is 73.4 Å². The molecule has 0 aromatic rings. The predicted octanol–water partition coefficient (Wildman–Crippen LogP) is 16.2. The highest BCUT2D eigenvalue weighted by atomic mass is 31.2. The average Bonchev–Trinajstić information content (AvgIpc) is 3.25. The first-order valence-corrected chi connectivity index (χ1v) is 28.9. The Labute approximate surface area is 397 Å². The molecule has 0 aliphatic heterocycles. The van der Waals surface area contributed by atoms with Crippen LogP contribution < -0.4 is 5.32 Å². The monoisotopic (exact) mass is 924 g/mol. The van der Waals surface area contributed by atoms with Gasteiger partial charge in [0, 0.05) is 6.42 Å². The number of hydrogen-bond acceptors (Lipinski definition) is 5. The van der Waals surface area contributed by atoms with E-state index >= 15 is 0 Å². The van der Waals surface area contributed by atoms with Crippen LogP contribution in [0.4, 0.5) is 0 Å². The maximum atomic E-state index is 12.9. The van der Waals surface area contributed by atoms with Gasteiger partial charge in [0.2, 0.25) is 5.91 Å². The van der Waals surface area contributed by atoms with Crippen molar-refractivity contribution in [1.29, 1.82) is 0 Å². The molecule has 3 N–H and O–H groups in total. The molecular formula is C55H108N2O6P+. The zero-order valence-electron chi connectivity index (χ0n) is 43.0. The fourth-order valence-electron chi connectivity index (χ4n) is 8.02. The molecule has 0 rings (SSSR count). The molecule has 0 heterocycles. The molecule has 0 aromatic heterocycles. The van der Waals surface area contributed by atoms with Crippen LogP contribution in [0.5, 0.6) is 0 Å². The average molecular weight is 924 g/mol. The summed E-state index contributed by atoms with van der Waals surface area (Å²) in [6.45, 7) is 4.81. The third-order valence-corrected chi connectivity index (χ3v) is 13.3. The van der Waals surface area contributed by atoms with E-state index in [0.29, 0.717) is 17.4 Å². The highest BCUT2D eigenvalue weighted by Crippen LogP contribution is 2.43. The van der Waals surface area contributed by atoms with E-state index in [1.165, 1.54) is 193 Å². The molecule has 0 radical (unpaired) electrons. The number of aliphatic hydroxyl groups is 1. The molecule has 3 unspecified atom stereocenters. The Bertz CT molecular complexity index is 1140. The summed E-state index contributed by atoms with van der Waals surface area (Å²) in [5, 5.41) is 13.9. The summed E-state index contributed by atoms with van der Waals surface area (Å²) in [4.78, 5) is 23.2. The van der Waals surface area contributed by atoms with Crippen molar-refractivity contribution in [1.82, 2.24) is 5.32 Å². The molecule has 0 aliphatic rings. The molecule has 378 valence electrons. The molecule has 0 spiro atoms. The summed E-state index contributed by atoms with van der Waals surface area (Å²) in [5.41, 5.74) is 0. The summed E-state index contributed by atoms with van der Waals surface area (Å²) < 4.78 is 23.6. The number of nitrogens with one attached hydrogen (secondary N) is 1. The van der Waals surface area contributed by atoms with Gasteiger partial charge in [-0.05, 0) is 44.9 Å². The Morgan fingerprint density at radius 1 is 0.516 bits per heavy atom. The zero-order valence-corrected chi connectivity index (χ0v) is 43.9. The second-order valence-corrected chi connectivity index (χ2v) is 21.4. The molecule has 0 fully saturated rings. The Balaban J connectivity index is 4.25. The van der Waals surface area contributed by atoms with E-state index < -0.39 is 20.0 Å². The van der Waals surface area contributed by atoms with Crippen LogP contribution in [0.1, 0.15) is 258 Å². The van der Waals surface area contributed by atoms with Gasteiger partial charge in [-0.15, -0.1) is 0 Å². The standard InChI is InChI=1S/C55H107N2O6P/c1-6-8-10-12-14-16-18-20-22-23-24-25-26-27-28-29-30-31-32-33-34-35-36-38-40-42-44-46-48-54(58)53(52-63-64(60,61)62-51-50-57(3,4)5)56-55(59)49-47-45-43-41-39-37-21-19-17-15-13-11-9-7-2/h33-34,38,40,46,48,53-54,58H,6-32,35-37,39,41-45,47,49-52H2,1-5H3,(H-,56,59,60,61)/p+1/b34-33+,40-38+,48-46+. The van der Waals surface area contributed by atoms with Gasteiger partial charge < -0.3 is 19.8 Å². The second kappa shape index (κ2) is 46.8. The van der Waals surface area contributed by atoms with E-state index in [0.717, 1.165) is 44.9 Å². The first-order valence-electron chi connectivity index (χ1n) is 27.4. The summed E-state index contributed by atoms with van der Waals surface area (Å²) in [7, 11) is 1.55. The van der Waals surface area contributed by atoms with Gasteiger partial charge in [-0.2, -0.15) is 0 Å². The number of phosphoric acid groups is 1. The smallest absolute Gasteiger partial charge is 0.387 e. The van der Waals surface area contributed by atoms with Crippen molar-refractivity contribution in [3.05, 3.63) is 36.5 Å². The summed E-state index contributed by atoms with van der Waals surface area (Å²) in [6.07, 6.45) is 59.6. The molecule has 0 saturated heterocycles. The van der Waals surface area contributed by atoms with Crippen molar-refractivity contribution in [3.8, 4) is 0 Å². The van der Waals surface area contributed by atoms with Crippen molar-refractivity contribution in [2.24, 2.45) is 0 Å². The van der Waals surface area contributed by atoms with Gasteiger partial charge in [0.05, 0.1) is 39.9 Å². The molecule has 9 heteroatoms. The van der Waals surface area contributed by atoms with Crippen LogP contribution in [0.15, 0.2) is 36.5 Å². The maximum absolute atomic E-state index is 12.9. The van der Waals surface area contributed by atoms with E-state index in [4.69, 9.17) is 9.05 Å². The van der Waals surface area contributed by atoms with E-state index in [1.807, 2.05) is 27.2 Å². The quantitative estimate of drug-likeness (QED) is 0.0243. The number of likely N-dealkylation sites (N-methyl/N-ethyl adjacent to an activating group) is 1. The van der Waals surface area contributed by atoms with Crippen molar-refractivity contribution < 1.29 is 32.9 Å². The van der Waals surface area contributed by atoms with Gasteiger partial charge in [0.25, 0.3) is 0 Å². The van der Waals surface area contributed by atoms with Crippen LogP contribution in [0.2, 0.25) is 0 Å². The number of carbonyl (C=O) groups is 1.